The molecule has 0 aromatic carbocycles. The van der Waals surface area contributed by atoms with Crippen LogP contribution in [0.4, 0.5) is 11.8 Å². The Balaban J connectivity index is 0.00000193. The molecule has 0 aliphatic carbocycles. The Hall–Kier alpha value is -1.06. The molecule has 3 aliphatic heterocycles. The second kappa shape index (κ2) is 16.6. The van der Waals surface area contributed by atoms with Gasteiger partial charge in [0.25, 0.3) is 0 Å². The van der Waals surface area contributed by atoms with E-state index >= 15 is 0 Å². The quantitative estimate of drug-likeness (QED) is 0.424. The summed E-state index contributed by atoms with van der Waals surface area (Å²) in [5.41, 5.74) is 0. The lowest BCUT2D eigenvalue weighted by Crippen LogP contribution is -2.50. The fraction of sp³-hybridized carbons (Fsp3) is 0.783. The van der Waals surface area contributed by atoms with Crippen LogP contribution < -0.4 is 26.2 Å². The Labute approximate surface area is 222 Å². The molecule has 4 heterocycles. The van der Waals surface area contributed by atoms with Crippen molar-refractivity contribution in [2.24, 2.45) is 5.92 Å². The summed E-state index contributed by atoms with van der Waals surface area (Å²) < 4.78 is 0. The molecule has 1 aromatic heterocycles. The molecule has 8 nitrogen and oxygen atoms in total. The molecule has 11 heteroatoms. The average Bonchev–Trinajstić information content (AvgIpc) is 3.11. The Morgan fingerprint density at radius 2 is 1.74 bits per heavy atom. The van der Waals surface area contributed by atoms with Crippen molar-refractivity contribution in [3.05, 3.63) is 12.3 Å². The van der Waals surface area contributed by atoms with E-state index < -0.39 is 0 Å². The molecule has 196 valence electrons. The lowest BCUT2D eigenvalue weighted by Gasteiger charge is -2.33. The number of nitrogens with zero attached hydrogens (tertiary/aromatic N) is 3. The molecule has 2 unspecified atom stereocenters. The number of carbonyl (C=O) groups excluding carboxylic acids is 1. The number of piperidine rings is 2. The van der Waals surface area contributed by atoms with Gasteiger partial charge in [0.2, 0.25) is 11.9 Å². The van der Waals surface area contributed by atoms with Crippen molar-refractivity contribution < 1.29 is 4.79 Å². The van der Waals surface area contributed by atoms with E-state index in [1.54, 1.807) is 0 Å². The predicted octanol–water partition coefficient (Wildman–Crippen LogP) is 3.16. The zero-order valence-corrected chi connectivity index (χ0v) is 22.4. The number of carbonyl (C=O) groups is 1. The second-order valence-corrected chi connectivity index (χ2v) is 9.20. The molecule has 4 rings (SSSR count). The van der Waals surface area contributed by atoms with Gasteiger partial charge in [-0.05, 0) is 70.6 Å². The van der Waals surface area contributed by atoms with Gasteiger partial charge in [-0.25, -0.2) is 4.98 Å². The Morgan fingerprint density at radius 1 is 1.00 bits per heavy atom. The summed E-state index contributed by atoms with van der Waals surface area (Å²) in [7, 11) is 0. The van der Waals surface area contributed by atoms with Crippen LogP contribution in [-0.4, -0.2) is 67.2 Å². The maximum atomic E-state index is 12.4. The minimum Gasteiger partial charge on any atom is -0.356 e. The SMILES string of the molecule is Cl.Cl.Cl.O=C(NCCC1NCCCC1Nc1nccc(N2CCCCCC2)n1)C1CCNCC1. The first-order valence-corrected chi connectivity index (χ1v) is 12.4. The van der Waals surface area contributed by atoms with E-state index in [1.807, 2.05) is 12.3 Å². The number of rotatable bonds is 7. The third-order valence-electron chi connectivity index (χ3n) is 6.93. The van der Waals surface area contributed by atoms with Crippen LogP contribution in [0.3, 0.4) is 0 Å². The first kappa shape index (κ1) is 31.0. The van der Waals surface area contributed by atoms with Crippen LogP contribution in [0, 0.1) is 5.92 Å². The fourth-order valence-corrected chi connectivity index (χ4v) is 5.07. The molecule has 0 spiro atoms. The maximum absolute atomic E-state index is 12.4. The van der Waals surface area contributed by atoms with Crippen LogP contribution in [0.1, 0.15) is 57.8 Å². The molecule has 3 fully saturated rings. The number of hydrogen-bond donors (Lipinski definition) is 4. The molecule has 3 aliphatic rings. The molecular formula is C23H42Cl3N7O. The maximum Gasteiger partial charge on any atom is 0.224 e. The van der Waals surface area contributed by atoms with E-state index in [0.717, 1.165) is 76.6 Å². The summed E-state index contributed by atoms with van der Waals surface area (Å²) in [6.45, 7) is 5.81. The first-order chi connectivity index (χ1) is 15.3. The molecular weight excluding hydrogens is 497 g/mol. The van der Waals surface area contributed by atoms with Gasteiger partial charge in [-0.3, -0.25) is 4.79 Å². The van der Waals surface area contributed by atoms with Crippen LogP contribution in [0.5, 0.6) is 0 Å². The third-order valence-corrected chi connectivity index (χ3v) is 6.93. The topological polar surface area (TPSA) is 94.2 Å². The fourth-order valence-electron chi connectivity index (χ4n) is 5.07. The monoisotopic (exact) mass is 537 g/mol. The Kier molecular flexibility index (Phi) is 15.1. The first-order valence-electron chi connectivity index (χ1n) is 12.4. The standard InChI is InChI=1S/C23H39N7O.3ClH/c31-22(18-7-12-24-13-8-18)26-14-9-19-20(6-5-11-25-19)28-23-27-15-10-21(29-23)30-16-3-1-2-4-17-30;;;/h10,15,18-20,24-25H,1-9,11-14,16-17H2,(H,26,31)(H,27,28,29);3*1H. The Morgan fingerprint density at radius 3 is 2.47 bits per heavy atom. The summed E-state index contributed by atoms with van der Waals surface area (Å²) in [6.07, 6.45) is 12.0. The molecule has 1 aromatic rings. The smallest absolute Gasteiger partial charge is 0.224 e. The predicted molar refractivity (Wildman–Crippen MR) is 146 cm³/mol. The van der Waals surface area contributed by atoms with Crippen LogP contribution in [0.25, 0.3) is 0 Å². The number of hydrogen-bond acceptors (Lipinski definition) is 7. The summed E-state index contributed by atoms with van der Waals surface area (Å²) in [5.74, 6) is 2.15. The molecule has 0 saturated carbocycles. The molecule has 3 saturated heterocycles. The van der Waals surface area contributed by atoms with Gasteiger partial charge in [-0.2, -0.15) is 4.98 Å². The highest BCUT2D eigenvalue weighted by Crippen LogP contribution is 2.20. The average molecular weight is 539 g/mol. The summed E-state index contributed by atoms with van der Waals surface area (Å²) in [5, 5.41) is 13.7. The van der Waals surface area contributed by atoms with E-state index in [9.17, 15) is 4.79 Å². The number of anilines is 2. The second-order valence-electron chi connectivity index (χ2n) is 9.20. The molecule has 0 bridgehead atoms. The van der Waals surface area contributed by atoms with Gasteiger partial charge in [0.15, 0.2) is 0 Å². The van der Waals surface area contributed by atoms with E-state index in [1.165, 1.54) is 25.7 Å². The number of halogens is 3. The van der Waals surface area contributed by atoms with Gasteiger partial charge in [-0.1, -0.05) is 12.8 Å². The molecule has 34 heavy (non-hydrogen) atoms. The molecule has 1 amide bonds. The van der Waals surface area contributed by atoms with Gasteiger partial charge in [0, 0.05) is 43.8 Å². The normalized spacial score (nSPS) is 23.4. The molecule has 4 N–H and O–H groups in total. The minimum atomic E-state index is 0. The van der Waals surface area contributed by atoms with Crippen molar-refractivity contribution in [3.63, 3.8) is 0 Å². The van der Waals surface area contributed by atoms with Crippen LogP contribution in [0.15, 0.2) is 12.3 Å². The lowest BCUT2D eigenvalue weighted by atomic mass is 9.95. The van der Waals surface area contributed by atoms with E-state index in [0.29, 0.717) is 12.6 Å². The van der Waals surface area contributed by atoms with Gasteiger partial charge in [-0.15, -0.1) is 37.2 Å². The van der Waals surface area contributed by atoms with Crippen LogP contribution >= 0.6 is 37.2 Å². The van der Waals surface area contributed by atoms with Gasteiger partial charge in [0.1, 0.15) is 5.82 Å². The minimum absolute atomic E-state index is 0. The summed E-state index contributed by atoms with van der Waals surface area (Å²) >= 11 is 0. The summed E-state index contributed by atoms with van der Waals surface area (Å²) in [6, 6.07) is 2.63. The van der Waals surface area contributed by atoms with E-state index in [2.05, 4.69) is 31.2 Å². The van der Waals surface area contributed by atoms with Gasteiger partial charge in [0.05, 0.1) is 0 Å². The molecule has 2 atom stereocenters. The number of aromatic nitrogens is 2. The van der Waals surface area contributed by atoms with Gasteiger partial charge >= 0.3 is 0 Å². The highest BCUT2D eigenvalue weighted by atomic mass is 35.5. The van der Waals surface area contributed by atoms with Crippen molar-refractivity contribution in [2.45, 2.75) is 69.9 Å². The van der Waals surface area contributed by atoms with Crippen LogP contribution in [-0.2, 0) is 4.79 Å². The highest BCUT2D eigenvalue weighted by Gasteiger charge is 2.26. The van der Waals surface area contributed by atoms with Crippen molar-refractivity contribution >= 4 is 54.9 Å². The van der Waals surface area contributed by atoms with Crippen molar-refractivity contribution in [1.82, 2.24) is 25.9 Å². The number of amides is 1. The third kappa shape index (κ3) is 9.19. The lowest BCUT2D eigenvalue weighted by molar-refractivity contribution is -0.125. The zero-order valence-electron chi connectivity index (χ0n) is 20.0. The number of nitrogens with one attached hydrogen (secondary N) is 4. The van der Waals surface area contributed by atoms with Crippen LogP contribution in [0.2, 0.25) is 0 Å². The summed E-state index contributed by atoms with van der Waals surface area (Å²) in [4.78, 5) is 24.2. The van der Waals surface area contributed by atoms with Crippen molar-refractivity contribution in [3.8, 4) is 0 Å². The highest BCUT2D eigenvalue weighted by molar-refractivity contribution is 5.86. The van der Waals surface area contributed by atoms with Crippen molar-refractivity contribution in [2.75, 3.05) is 49.5 Å². The van der Waals surface area contributed by atoms with Crippen molar-refractivity contribution in [1.29, 1.82) is 0 Å². The van der Waals surface area contributed by atoms with E-state index in [-0.39, 0.29) is 55.1 Å². The van der Waals surface area contributed by atoms with E-state index in [4.69, 9.17) is 4.98 Å². The zero-order chi connectivity index (χ0) is 21.3. The Bertz CT molecular complexity index is 701. The largest absolute Gasteiger partial charge is 0.356 e. The molecule has 0 radical (unpaired) electrons. The van der Waals surface area contributed by atoms with Gasteiger partial charge < -0.3 is 26.2 Å².